The highest BCUT2D eigenvalue weighted by atomic mass is 35.5. The van der Waals surface area contributed by atoms with Gasteiger partial charge in [-0.15, -0.1) is 11.8 Å². The summed E-state index contributed by atoms with van der Waals surface area (Å²) in [6.07, 6.45) is 0. The number of nitro groups is 1. The topological polar surface area (TPSA) is 56.0 Å². The van der Waals surface area contributed by atoms with Crippen LogP contribution in [-0.2, 0) is 0 Å². The third kappa shape index (κ3) is 4.05. The fourth-order valence-corrected chi connectivity index (χ4v) is 2.14. The van der Waals surface area contributed by atoms with Gasteiger partial charge in [0.25, 0.3) is 5.69 Å². The van der Waals surface area contributed by atoms with Crippen LogP contribution in [0.15, 0.2) is 17.2 Å². The van der Waals surface area contributed by atoms with Crippen molar-refractivity contribution in [1.29, 1.82) is 0 Å². The maximum atomic E-state index is 10.6. The van der Waals surface area contributed by atoms with Gasteiger partial charge in [-0.25, -0.2) is 4.98 Å². The van der Waals surface area contributed by atoms with Crippen molar-refractivity contribution in [2.45, 2.75) is 30.5 Å². The Balaban J connectivity index is 3.04. The summed E-state index contributed by atoms with van der Waals surface area (Å²) in [4.78, 5) is 14.1. The summed E-state index contributed by atoms with van der Waals surface area (Å²) in [6.45, 7) is 6.02. The second-order valence-corrected chi connectivity index (χ2v) is 6.19. The highest BCUT2D eigenvalue weighted by molar-refractivity contribution is 8.00. The molecule has 6 heteroatoms. The first-order valence-corrected chi connectivity index (χ1v) is 5.48. The lowest BCUT2D eigenvalue weighted by atomic mass is 10.3. The van der Waals surface area contributed by atoms with E-state index in [0.29, 0.717) is 5.03 Å². The molecule has 4 nitrogen and oxygen atoms in total. The van der Waals surface area contributed by atoms with Crippen molar-refractivity contribution in [3.63, 3.8) is 0 Å². The summed E-state index contributed by atoms with van der Waals surface area (Å²) in [7, 11) is 0. The van der Waals surface area contributed by atoms with Gasteiger partial charge in [0.05, 0.1) is 11.0 Å². The van der Waals surface area contributed by atoms with Gasteiger partial charge in [0.1, 0.15) is 10.2 Å². The summed E-state index contributed by atoms with van der Waals surface area (Å²) < 4.78 is -0.0500. The quantitative estimate of drug-likeness (QED) is 0.347. The van der Waals surface area contributed by atoms with Crippen LogP contribution < -0.4 is 0 Å². The Labute approximate surface area is 97.2 Å². The molecule has 0 spiro atoms. The fourth-order valence-electron chi connectivity index (χ4n) is 0.931. The maximum Gasteiger partial charge on any atom is 0.275 e. The standard InChI is InChI=1S/C9H11ClN2O2S/c1-9(2,3)15-8-5-6(12(13)14)4-7(10)11-8/h4-5H,1-3H3. The molecule has 0 saturated heterocycles. The predicted octanol–water partition coefficient (Wildman–Crippen LogP) is 3.53. The molecule has 0 aliphatic rings. The number of rotatable bonds is 2. The summed E-state index contributed by atoms with van der Waals surface area (Å²) in [5.74, 6) is 0. The zero-order valence-corrected chi connectivity index (χ0v) is 10.2. The van der Waals surface area contributed by atoms with Gasteiger partial charge >= 0.3 is 0 Å². The summed E-state index contributed by atoms with van der Waals surface area (Å²) in [5.41, 5.74) is -0.0262. The molecular weight excluding hydrogens is 236 g/mol. The van der Waals surface area contributed by atoms with Gasteiger partial charge in [0.15, 0.2) is 0 Å². The summed E-state index contributed by atoms with van der Waals surface area (Å²) in [5, 5.41) is 11.3. The van der Waals surface area contributed by atoms with Gasteiger partial charge in [-0.2, -0.15) is 0 Å². The van der Waals surface area contributed by atoms with Crippen molar-refractivity contribution in [2.75, 3.05) is 0 Å². The van der Waals surface area contributed by atoms with Crippen molar-refractivity contribution in [2.24, 2.45) is 0 Å². The molecule has 0 bridgehead atoms. The van der Waals surface area contributed by atoms with Gasteiger partial charge in [-0.1, -0.05) is 32.4 Å². The molecule has 15 heavy (non-hydrogen) atoms. The lowest BCUT2D eigenvalue weighted by molar-refractivity contribution is -0.385. The van der Waals surface area contributed by atoms with Crippen LogP contribution in [0.5, 0.6) is 0 Å². The number of hydrogen-bond acceptors (Lipinski definition) is 4. The highest BCUT2D eigenvalue weighted by Crippen LogP contribution is 2.33. The van der Waals surface area contributed by atoms with Gasteiger partial charge < -0.3 is 0 Å². The Bertz CT molecular complexity index is 390. The minimum absolute atomic E-state index is 0.0262. The SMILES string of the molecule is CC(C)(C)Sc1cc([N+](=O)[O-])cc(Cl)n1. The molecule has 0 unspecified atom stereocenters. The normalized spacial score (nSPS) is 11.5. The molecule has 0 fully saturated rings. The molecule has 0 N–H and O–H groups in total. The third-order valence-corrected chi connectivity index (χ3v) is 2.60. The van der Waals surface area contributed by atoms with Crippen LogP contribution in [0.3, 0.4) is 0 Å². The minimum atomic E-state index is -0.472. The molecule has 1 heterocycles. The number of thioether (sulfide) groups is 1. The lowest BCUT2D eigenvalue weighted by Gasteiger charge is -2.16. The van der Waals surface area contributed by atoms with E-state index in [9.17, 15) is 10.1 Å². The fraction of sp³-hybridized carbons (Fsp3) is 0.444. The van der Waals surface area contributed by atoms with Gasteiger partial charge in [0, 0.05) is 10.8 Å². The molecule has 0 aromatic carbocycles. The molecule has 1 rings (SSSR count). The Kier molecular flexibility index (Phi) is 3.57. The average molecular weight is 247 g/mol. The van der Waals surface area contributed by atoms with E-state index in [1.165, 1.54) is 23.9 Å². The van der Waals surface area contributed by atoms with Gasteiger partial charge in [-0.05, 0) is 0 Å². The Morgan fingerprint density at radius 3 is 2.53 bits per heavy atom. The first-order valence-electron chi connectivity index (χ1n) is 4.29. The van der Waals surface area contributed by atoms with Crippen molar-refractivity contribution < 1.29 is 4.92 Å². The monoisotopic (exact) mass is 246 g/mol. The Morgan fingerprint density at radius 2 is 2.07 bits per heavy atom. The molecule has 0 atom stereocenters. The Hall–Kier alpha value is -0.810. The average Bonchev–Trinajstić information content (AvgIpc) is 1.99. The second kappa shape index (κ2) is 4.37. The van der Waals surface area contributed by atoms with Crippen LogP contribution >= 0.6 is 23.4 Å². The van der Waals surface area contributed by atoms with E-state index in [0.717, 1.165) is 0 Å². The first-order chi connectivity index (χ1) is 6.78. The third-order valence-electron chi connectivity index (χ3n) is 1.38. The number of nitrogens with zero attached hydrogens (tertiary/aromatic N) is 2. The Morgan fingerprint density at radius 1 is 1.47 bits per heavy atom. The molecule has 1 aromatic heterocycles. The number of hydrogen-bond donors (Lipinski definition) is 0. The molecule has 0 saturated carbocycles. The second-order valence-electron chi connectivity index (χ2n) is 3.96. The number of pyridine rings is 1. The largest absolute Gasteiger partial charge is 0.275 e. The summed E-state index contributed by atoms with van der Waals surface area (Å²) >= 11 is 7.14. The van der Waals surface area contributed by atoms with Crippen LogP contribution in [0, 0.1) is 10.1 Å². The number of aromatic nitrogens is 1. The van der Waals surface area contributed by atoms with Crippen LogP contribution in [-0.4, -0.2) is 14.7 Å². The van der Waals surface area contributed by atoms with E-state index in [-0.39, 0.29) is 15.6 Å². The van der Waals surface area contributed by atoms with Gasteiger partial charge in [0.2, 0.25) is 0 Å². The molecule has 0 amide bonds. The van der Waals surface area contributed by atoms with Crippen molar-refractivity contribution >= 4 is 29.1 Å². The maximum absolute atomic E-state index is 10.6. The van der Waals surface area contributed by atoms with E-state index in [2.05, 4.69) is 4.98 Å². The van der Waals surface area contributed by atoms with Crippen LogP contribution in [0.2, 0.25) is 5.15 Å². The predicted molar refractivity (Wildman–Crippen MR) is 61.5 cm³/mol. The van der Waals surface area contributed by atoms with Crippen molar-refractivity contribution in [1.82, 2.24) is 4.98 Å². The molecule has 82 valence electrons. The minimum Gasteiger partial charge on any atom is -0.258 e. The molecule has 0 aliphatic heterocycles. The molecule has 1 aromatic rings. The zero-order valence-electron chi connectivity index (χ0n) is 8.65. The molecule has 0 radical (unpaired) electrons. The van der Waals surface area contributed by atoms with E-state index in [1.54, 1.807) is 0 Å². The van der Waals surface area contributed by atoms with Crippen LogP contribution in [0.4, 0.5) is 5.69 Å². The van der Waals surface area contributed by atoms with E-state index >= 15 is 0 Å². The molecule has 0 aliphatic carbocycles. The highest BCUT2D eigenvalue weighted by Gasteiger charge is 2.17. The van der Waals surface area contributed by atoms with Crippen LogP contribution in [0.25, 0.3) is 0 Å². The first kappa shape index (κ1) is 12.3. The van der Waals surface area contributed by atoms with E-state index in [4.69, 9.17) is 11.6 Å². The zero-order chi connectivity index (χ0) is 11.6. The molecular formula is C9H11ClN2O2S. The number of halogens is 1. The van der Waals surface area contributed by atoms with Gasteiger partial charge in [-0.3, -0.25) is 10.1 Å². The van der Waals surface area contributed by atoms with E-state index in [1.807, 2.05) is 20.8 Å². The van der Waals surface area contributed by atoms with Crippen LogP contribution in [0.1, 0.15) is 20.8 Å². The van der Waals surface area contributed by atoms with E-state index < -0.39 is 4.92 Å². The smallest absolute Gasteiger partial charge is 0.258 e. The van der Waals surface area contributed by atoms with Crippen molar-refractivity contribution in [3.8, 4) is 0 Å². The summed E-state index contributed by atoms with van der Waals surface area (Å²) in [6, 6.07) is 2.68. The lowest BCUT2D eigenvalue weighted by Crippen LogP contribution is -2.07. The van der Waals surface area contributed by atoms with Crippen molar-refractivity contribution in [3.05, 3.63) is 27.4 Å².